The molecule has 0 atom stereocenters. The van der Waals surface area contributed by atoms with Crippen LogP contribution in [0.5, 0.6) is 0 Å². The first-order valence-corrected chi connectivity index (χ1v) is 8.19. The normalized spacial score (nSPS) is 19.0. The number of carbonyl (C=O) groups is 1. The van der Waals surface area contributed by atoms with E-state index < -0.39 is 0 Å². The molecule has 1 aromatic carbocycles. The van der Waals surface area contributed by atoms with Crippen molar-refractivity contribution in [2.24, 2.45) is 0 Å². The molecule has 1 aliphatic carbocycles. The quantitative estimate of drug-likeness (QED) is 0.875. The second-order valence-electron chi connectivity index (χ2n) is 6.14. The first-order valence-electron chi connectivity index (χ1n) is 8.19. The molecule has 114 valence electrons. The van der Waals surface area contributed by atoms with Crippen molar-refractivity contribution < 1.29 is 4.79 Å². The fourth-order valence-electron chi connectivity index (χ4n) is 3.30. The molecule has 4 heteroatoms. The van der Waals surface area contributed by atoms with E-state index in [1.807, 2.05) is 0 Å². The number of carbonyl (C=O) groups excluding carboxylic acids is 1. The fourth-order valence-corrected chi connectivity index (χ4v) is 3.30. The van der Waals surface area contributed by atoms with Gasteiger partial charge in [0, 0.05) is 30.5 Å². The van der Waals surface area contributed by atoms with E-state index in [-0.39, 0.29) is 5.91 Å². The van der Waals surface area contributed by atoms with E-state index in [0.717, 1.165) is 31.6 Å². The maximum Gasteiger partial charge on any atom is 0.239 e. The minimum Gasteiger partial charge on any atom is -0.376 e. The van der Waals surface area contributed by atoms with E-state index in [0.29, 0.717) is 12.6 Å². The molecule has 1 amide bonds. The maximum atomic E-state index is 11.9. The Kier molecular flexibility index (Phi) is 4.63. The molecule has 2 N–H and O–H groups in total. The van der Waals surface area contributed by atoms with Crippen molar-refractivity contribution in [1.82, 2.24) is 5.32 Å². The number of nitrogens with zero attached hydrogens (tertiary/aromatic N) is 1. The van der Waals surface area contributed by atoms with Crippen LogP contribution in [-0.2, 0) is 4.79 Å². The van der Waals surface area contributed by atoms with Crippen LogP contribution in [0.15, 0.2) is 24.3 Å². The molecule has 21 heavy (non-hydrogen) atoms. The van der Waals surface area contributed by atoms with Crippen LogP contribution < -0.4 is 15.5 Å². The van der Waals surface area contributed by atoms with Crippen molar-refractivity contribution >= 4 is 17.3 Å². The van der Waals surface area contributed by atoms with E-state index in [1.165, 1.54) is 31.4 Å². The van der Waals surface area contributed by atoms with Gasteiger partial charge in [0.05, 0.1) is 6.54 Å². The third-order valence-corrected chi connectivity index (χ3v) is 4.51. The van der Waals surface area contributed by atoms with Gasteiger partial charge < -0.3 is 15.5 Å². The van der Waals surface area contributed by atoms with Crippen LogP contribution in [0.3, 0.4) is 0 Å². The Labute approximate surface area is 126 Å². The number of hydrogen-bond donors (Lipinski definition) is 2. The summed E-state index contributed by atoms with van der Waals surface area (Å²) in [6.45, 7) is 2.69. The van der Waals surface area contributed by atoms with E-state index in [1.54, 1.807) is 0 Å². The Morgan fingerprint density at radius 2 is 1.71 bits per heavy atom. The van der Waals surface area contributed by atoms with Gasteiger partial charge in [-0.15, -0.1) is 0 Å². The van der Waals surface area contributed by atoms with Gasteiger partial charge in [-0.3, -0.25) is 4.79 Å². The van der Waals surface area contributed by atoms with E-state index in [2.05, 4.69) is 39.8 Å². The highest BCUT2D eigenvalue weighted by molar-refractivity contribution is 5.81. The molecular formula is C17H25N3O. The number of benzene rings is 1. The van der Waals surface area contributed by atoms with Crippen molar-refractivity contribution in [2.75, 3.05) is 29.9 Å². The molecule has 1 saturated carbocycles. The van der Waals surface area contributed by atoms with Gasteiger partial charge in [0.2, 0.25) is 5.91 Å². The lowest BCUT2D eigenvalue weighted by atomic mass is 10.2. The first kappa shape index (κ1) is 14.2. The van der Waals surface area contributed by atoms with Gasteiger partial charge >= 0.3 is 0 Å². The van der Waals surface area contributed by atoms with Gasteiger partial charge in [-0.2, -0.15) is 0 Å². The van der Waals surface area contributed by atoms with Crippen LogP contribution in [0, 0.1) is 0 Å². The highest BCUT2D eigenvalue weighted by Crippen LogP contribution is 2.22. The molecule has 1 heterocycles. The Morgan fingerprint density at radius 1 is 1.05 bits per heavy atom. The predicted octanol–water partition coefficient (Wildman–Crippen LogP) is 2.76. The zero-order chi connectivity index (χ0) is 14.5. The van der Waals surface area contributed by atoms with Gasteiger partial charge in [0.1, 0.15) is 0 Å². The summed E-state index contributed by atoms with van der Waals surface area (Å²) in [6.07, 6.45) is 7.35. The van der Waals surface area contributed by atoms with E-state index in [4.69, 9.17) is 0 Å². The second-order valence-corrected chi connectivity index (χ2v) is 6.14. The standard InChI is InChI=1S/C17H25N3O/c21-17(19-15-5-1-2-6-15)13-18-14-7-9-16(10-8-14)20-11-3-4-12-20/h7-10,15,18H,1-6,11-13H2,(H,19,21). The highest BCUT2D eigenvalue weighted by Gasteiger charge is 2.16. The average Bonchev–Trinajstić information content (AvgIpc) is 3.19. The third kappa shape index (κ3) is 3.90. The Hall–Kier alpha value is -1.71. The van der Waals surface area contributed by atoms with Crippen LogP contribution in [0.1, 0.15) is 38.5 Å². The van der Waals surface area contributed by atoms with Crippen molar-refractivity contribution in [3.05, 3.63) is 24.3 Å². The van der Waals surface area contributed by atoms with Gasteiger partial charge in [-0.25, -0.2) is 0 Å². The molecule has 4 nitrogen and oxygen atoms in total. The number of nitrogens with one attached hydrogen (secondary N) is 2. The topological polar surface area (TPSA) is 44.4 Å². The van der Waals surface area contributed by atoms with Gasteiger partial charge in [0.25, 0.3) is 0 Å². The summed E-state index contributed by atoms with van der Waals surface area (Å²) >= 11 is 0. The maximum absolute atomic E-state index is 11.9. The smallest absolute Gasteiger partial charge is 0.239 e. The Morgan fingerprint density at radius 3 is 2.38 bits per heavy atom. The fraction of sp³-hybridized carbons (Fsp3) is 0.588. The summed E-state index contributed by atoms with van der Waals surface area (Å²) in [5, 5.41) is 6.30. The lowest BCUT2D eigenvalue weighted by Crippen LogP contribution is -2.36. The lowest BCUT2D eigenvalue weighted by molar-refractivity contribution is -0.120. The van der Waals surface area contributed by atoms with Gasteiger partial charge in [-0.05, 0) is 49.9 Å². The molecular weight excluding hydrogens is 262 g/mol. The monoisotopic (exact) mass is 287 g/mol. The molecule has 0 bridgehead atoms. The predicted molar refractivity (Wildman–Crippen MR) is 86.8 cm³/mol. The summed E-state index contributed by atoms with van der Waals surface area (Å²) in [6, 6.07) is 8.81. The molecule has 1 aromatic rings. The molecule has 0 unspecified atom stereocenters. The molecule has 0 spiro atoms. The number of rotatable bonds is 5. The van der Waals surface area contributed by atoms with Crippen LogP contribution >= 0.6 is 0 Å². The molecule has 1 aliphatic heterocycles. The number of hydrogen-bond acceptors (Lipinski definition) is 3. The zero-order valence-electron chi connectivity index (χ0n) is 12.6. The van der Waals surface area contributed by atoms with Gasteiger partial charge in [0.15, 0.2) is 0 Å². The summed E-state index contributed by atoms with van der Waals surface area (Å²) in [5.74, 6) is 0.102. The molecule has 2 aliphatic rings. The average molecular weight is 287 g/mol. The summed E-state index contributed by atoms with van der Waals surface area (Å²) in [4.78, 5) is 14.3. The largest absolute Gasteiger partial charge is 0.376 e. The second kappa shape index (κ2) is 6.83. The molecule has 3 rings (SSSR count). The molecule has 0 aromatic heterocycles. The van der Waals surface area contributed by atoms with Gasteiger partial charge in [-0.1, -0.05) is 12.8 Å². The van der Waals surface area contributed by atoms with Crippen LogP contribution in [0.2, 0.25) is 0 Å². The molecule has 2 fully saturated rings. The number of anilines is 2. The molecule has 1 saturated heterocycles. The summed E-state index contributed by atoms with van der Waals surface area (Å²) in [5.41, 5.74) is 2.30. The summed E-state index contributed by atoms with van der Waals surface area (Å²) in [7, 11) is 0. The van der Waals surface area contributed by atoms with Crippen molar-refractivity contribution in [3.8, 4) is 0 Å². The van der Waals surface area contributed by atoms with Crippen molar-refractivity contribution in [2.45, 2.75) is 44.6 Å². The Bertz CT molecular complexity index is 459. The summed E-state index contributed by atoms with van der Waals surface area (Å²) < 4.78 is 0. The van der Waals surface area contributed by atoms with Crippen molar-refractivity contribution in [3.63, 3.8) is 0 Å². The van der Waals surface area contributed by atoms with Crippen LogP contribution in [0.25, 0.3) is 0 Å². The minimum atomic E-state index is 0.102. The van der Waals surface area contributed by atoms with Crippen molar-refractivity contribution in [1.29, 1.82) is 0 Å². The number of amides is 1. The first-order chi connectivity index (χ1) is 10.3. The Balaban J connectivity index is 1.45. The van der Waals surface area contributed by atoms with E-state index >= 15 is 0 Å². The van der Waals surface area contributed by atoms with Crippen LogP contribution in [-0.4, -0.2) is 31.6 Å². The lowest BCUT2D eigenvalue weighted by Gasteiger charge is -2.18. The molecule has 0 radical (unpaired) electrons. The highest BCUT2D eigenvalue weighted by atomic mass is 16.1. The van der Waals surface area contributed by atoms with Crippen LogP contribution in [0.4, 0.5) is 11.4 Å². The SMILES string of the molecule is O=C(CNc1ccc(N2CCCC2)cc1)NC1CCCC1. The minimum absolute atomic E-state index is 0.102. The zero-order valence-corrected chi connectivity index (χ0v) is 12.6. The van der Waals surface area contributed by atoms with E-state index in [9.17, 15) is 4.79 Å². The third-order valence-electron chi connectivity index (χ3n) is 4.51.